The molecule has 0 aromatic heterocycles. The number of aryl methyl sites for hydroxylation is 2. The van der Waals surface area contributed by atoms with E-state index in [9.17, 15) is 9.59 Å². The standard InChI is InChI=1S/C24H30N2O2/c1-19-8-10-21(11-9-19)18-25(2)24(28)22-14-16-26(17-15-22)23(27)13-12-20-6-4-3-5-7-20/h3-11,22H,12-18H2,1-2H3. The van der Waals surface area contributed by atoms with Crippen LogP contribution in [0.5, 0.6) is 0 Å². The van der Waals surface area contributed by atoms with Crippen molar-refractivity contribution >= 4 is 11.8 Å². The maximum Gasteiger partial charge on any atom is 0.225 e. The lowest BCUT2D eigenvalue weighted by Gasteiger charge is -2.33. The van der Waals surface area contributed by atoms with Crippen molar-refractivity contribution in [1.82, 2.24) is 9.80 Å². The SMILES string of the molecule is Cc1ccc(CN(C)C(=O)C2CCN(C(=O)CCc3ccccc3)CC2)cc1. The number of benzene rings is 2. The van der Waals surface area contributed by atoms with Gasteiger partial charge in [-0.15, -0.1) is 0 Å². The molecule has 0 bridgehead atoms. The summed E-state index contributed by atoms with van der Waals surface area (Å²) in [5.41, 5.74) is 3.57. The van der Waals surface area contributed by atoms with Crippen LogP contribution in [0.1, 0.15) is 36.0 Å². The lowest BCUT2D eigenvalue weighted by Crippen LogP contribution is -2.43. The van der Waals surface area contributed by atoms with Crippen LogP contribution in [0.3, 0.4) is 0 Å². The molecule has 0 atom stereocenters. The summed E-state index contributed by atoms with van der Waals surface area (Å²) in [5.74, 6) is 0.411. The molecule has 1 saturated heterocycles. The summed E-state index contributed by atoms with van der Waals surface area (Å²) >= 11 is 0. The topological polar surface area (TPSA) is 40.6 Å². The molecule has 4 heteroatoms. The Hall–Kier alpha value is -2.62. The molecule has 0 radical (unpaired) electrons. The van der Waals surface area contributed by atoms with E-state index in [1.54, 1.807) is 0 Å². The zero-order chi connectivity index (χ0) is 19.9. The molecule has 1 aliphatic heterocycles. The zero-order valence-electron chi connectivity index (χ0n) is 16.9. The molecule has 3 rings (SSSR count). The molecule has 28 heavy (non-hydrogen) atoms. The number of hydrogen-bond donors (Lipinski definition) is 0. The minimum atomic E-state index is 0.0219. The molecule has 1 fully saturated rings. The van der Waals surface area contributed by atoms with Crippen molar-refractivity contribution in [3.05, 3.63) is 71.3 Å². The summed E-state index contributed by atoms with van der Waals surface area (Å²) in [7, 11) is 1.87. The summed E-state index contributed by atoms with van der Waals surface area (Å²) < 4.78 is 0. The van der Waals surface area contributed by atoms with Gasteiger partial charge in [0.2, 0.25) is 11.8 Å². The zero-order valence-corrected chi connectivity index (χ0v) is 16.9. The maximum atomic E-state index is 12.8. The first kappa shape index (κ1) is 20.1. The van der Waals surface area contributed by atoms with Crippen LogP contribution >= 0.6 is 0 Å². The molecule has 148 valence electrons. The average molecular weight is 379 g/mol. The molecule has 1 aliphatic rings. The first-order chi connectivity index (χ1) is 13.5. The molecule has 0 saturated carbocycles. The van der Waals surface area contributed by atoms with Gasteiger partial charge in [-0.1, -0.05) is 60.2 Å². The first-order valence-electron chi connectivity index (χ1n) is 10.1. The highest BCUT2D eigenvalue weighted by atomic mass is 16.2. The Bertz CT molecular complexity index is 778. The van der Waals surface area contributed by atoms with Gasteiger partial charge in [0.05, 0.1) is 0 Å². The molecule has 0 N–H and O–H groups in total. The van der Waals surface area contributed by atoms with E-state index in [0.717, 1.165) is 24.8 Å². The van der Waals surface area contributed by atoms with Crippen LogP contribution in [0.15, 0.2) is 54.6 Å². The third-order valence-corrected chi connectivity index (χ3v) is 5.58. The summed E-state index contributed by atoms with van der Waals surface area (Å²) in [5, 5.41) is 0. The molecular weight excluding hydrogens is 348 g/mol. The van der Waals surface area contributed by atoms with Gasteiger partial charge in [-0.3, -0.25) is 9.59 Å². The number of amides is 2. The van der Waals surface area contributed by atoms with Crippen LogP contribution in [0.2, 0.25) is 0 Å². The van der Waals surface area contributed by atoms with Crippen molar-refractivity contribution in [3.63, 3.8) is 0 Å². The van der Waals surface area contributed by atoms with Crippen LogP contribution in [0.25, 0.3) is 0 Å². The second kappa shape index (κ2) is 9.54. The smallest absolute Gasteiger partial charge is 0.225 e. The van der Waals surface area contributed by atoms with Crippen molar-refractivity contribution in [1.29, 1.82) is 0 Å². The number of likely N-dealkylation sites (tertiary alicyclic amines) is 1. The average Bonchev–Trinajstić information content (AvgIpc) is 2.74. The Kier molecular flexibility index (Phi) is 6.85. The van der Waals surface area contributed by atoms with E-state index >= 15 is 0 Å². The van der Waals surface area contributed by atoms with E-state index in [2.05, 4.69) is 43.3 Å². The normalized spacial score (nSPS) is 14.7. The van der Waals surface area contributed by atoms with Crippen LogP contribution in [-0.4, -0.2) is 41.8 Å². The van der Waals surface area contributed by atoms with Gasteiger partial charge in [-0.2, -0.15) is 0 Å². The molecular formula is C24H30N2O2. The van der Waals surface area contributed by atoms with Gasteiger partial charge in [0.1, 0.15) is 0 Å². The maximum absolute atomic E-state index is 12.8. The summed E-state index contributed by atoms with van der Waals surface area (Å²) in [6.07, 6.45) is 2.83. The van der Waals surface area contributed by atoms with Gasteiger partial charge in [-0.25, -0.2) is 0 Å². The second-order valence-electron chi connectivity index (χ2n) is 7.82. The third kappa shape index (κ3) is 5.44. The molecule has 2 aromatic rings. The lowest BCUT2D eigenvalue weighted by atomic mass is 9.94. The predicted molar refractivity (Wildman–Crippen MR) is 112 cm³/mol. The van der Waals surface area contributed by atoms with Crippen LogP contribution in [0, 0.1) is 12.8 Å². The molecule has 1 heterocycles. The monoisotopic (exact) mass is 378 g/mol. The number of carbonyl (C=O) groups excluding carboxylic acids is 2. The lowest BCUT2D eigenvalue weighted by molar-refractivity contribution is -0.140. The van der Waals surface area contributed by atoms with Gasteiger partial charge < -0.3 is 9.80 Å². The number of piperidine rings is 1. The molecule has 2 aromatic carbocycles. The Balaban J connectivity index is 1.44. The summed E-state index contributed by atoms with van der Waals surface area (Å²) in [4.78, 5) is 29.0. The molecule has 0 unspecified atom stereocenters. The number of rotatable bonds is 6. The Morgan fingerprint density at radius 2 is 1.61 bits per heavy atom. The summed E-state index contributed by atoms with van der Waals surface area (Å²) in [6, 6.07) is 18.4. The van der Waals surface area contributed by atoms with Gasteiger partial charge in [0.25, 0.3) is 0 Å². The van der Waals surface area contributed by atoms with E-state index in [0.29, 0.717) is 26.1 Å². The largest absolute Gasteiger partial charge is 0.343 e. The predicted octanol–water partition coefficient (Wildman–Crippen LogP) is 3.82. The van der Waals surface area contributed by atoms with E-state index in [1.807, 2.05) is 35.0 Å². The quantitative estimate of drug-likeness (QED) is 0.767. The highest BCUT2D eigenvalue weighted by Gasteiger charge is 2.28. The summed E-state index contributed by atoms with van der Waals surface area (Å²) in [6.45, 7) is 4.06. The number of nitrogens with zero attached hydrogens (tertiary/aromatic N) is 2. The van der Waals surface area contributed by atoms with Crippen molar-refractivity contribution in [2.75, 3.05) is 20.1 Å². The molecule has 4 nitrogen and oxygen atoms in total. The van der Waals surface area contributed by atoms with E-state index in [4.69, 9.17) is 0 Å². The fourth-order valence-corrected chi connectivity index (χ4v) is 3.79. The van der Waals surface area contributed by atoms with E-state index in [-0.39, 0.29) is 17.7 Å². The molecule has 0 spiro atoms. The Labute approximate surface area is 168 Å². The number of hydrogen-bond acceptors (Lipinski definition) is 2. The third-order valence-electron chi connectivity index (χ3n) is 5.58. The van der Waals surface area contributed by atoms with Gasteiger partial charge in [0.15, 0.2) is 0 Å². The second-order valence-corrected chi connectivity index (χ2v) is 7.82. The fraction of sp³-hybridized carbons (Fsp3) is 0.417. The van der Waals surface area contributed by atoms with Gasteiger partial charge in [0, 0.05) is 39.0 Å². The van der Waals surface area contributed by atoms with Crippen LogP contribution in [0.4, 0.5) is 0 Å². The van der Waals surface area contributed by atoms with Gasteiger partial charge >= 0.3 is 0 Å². The van der Waals surface area contributed by atoms with E-state index < -0.39 is 0 Å². The highest BCUT2D eigenvalue weighted by Crippen LogP contribution is 2.21. The van der Waals surface area contributed by atoms with Crippen molar-refractivity contribution in [2.24, 2.45) is 5.92 Å². The number of carbonyl (C=O) groups is 2. The van der Waals surface area contributed by atoms with Crippen LogP contribution in [-0.2, 0) is 22.6 Å². The van der Waals surface area contributed by atoms with Crippen molar-refractivity contribution in [2.45, 2.75) is 39.2 Å². The van der Waals surface area contributed by atoms with E-state index in [1.165, 1.54) is 11.1 Å². The molecule has 0 aliphatic carbocycles. The van der Waals surface area contributed by atoms with Crippen molar-refractivity contribution < 1.29 is 9.59 Å². The Morgan fingerprint density at radius 3 is 2.25 bits per heavy atom. The Morgan fingerprint density at radius 1 is 0.964 bits per heavy atom. The highest BCUT2D eigenvalue weighted by molar-refractivity contribution is 5.80. The minimum absolute atomic E-state index is 0.0219. The molecule has 2 amide bonds. The minimum Gasteiger partial charge on any atom is -0.343 e. The van der Waals surface area contributed by atoms with Gasteiger partial charge in [-0.05, 0) is 37.3 Å². The fourth-order valence-electron chi connectivity index (χ4n) is 3.79. The van der Waals surface area contributed by atoms with Crippen LogP contribution < -0.4 is 0 Å². The van der Waals surface area contributed by atoms with Crippen molar-refractivity contribution in [3.8, 4) is 0 Å². The first-order valence-corrected chi connectivity index (χ1v) is 10.1.